The summed E-state index contributed by atoms with van der Waals surface area (Å²) in [6, 6.07) is 10.2. The van der Waals surface area contributed by atoms with Crippen molar-refractivity contribution >= 4 is 28.4 Å². The smallest absolute Gasteiger partial charge is 0.177 e. The standard InChI is InChI=1S/C18H18FN3OS/c1-23-18-15(19)3-2-4-17(18)22-8-11-9-24-10-14(11)13-7-12(20)5-6-16(13)21/h2-7,9-10,22H,8,20-21H2,1H3. The maximum absolute atomic E-state index is 13.8. The largest absolute Gasteiger partial charge is 0.492 e. The van der Waals surface area contributed by atoms with Crippen LogP contribution >= 0.6 is 11.3 Å². The van der Waals surface area contributed by atoms with Gasteiger partial charge in [0, 0.05) is 23.5 Å². The zero-order chi connectivity index (χ0) is 17.1. The van der Waals surface area contributed by atoms with E-state index in [1.807, 2.05) is 16.8 Å². The number of nitrogens with two attached hydrogens (primary N) is 2. The van der Waals surface area contributed by atoms with Gasteiger partial charge in [0.05, 0.1) is 12.8 Å². The summed E-state index contributed by atoms with van der Waals surface area (Å²) in [6.45, 7) is 0.521. The summed E-state index contributed by atoms with van der Waals surface area (Å²) in [7, 11) is 1.45. The molecule has 1 heterocycles. The maximum atomic E-state index is 13.8. The van der Waals surface area contributed by atoms with E-state index in [2.05, 4.69) is 5.32 Å². The quantitative estimate of drug-likeness (QED) is 0.603. The normalized spacial score (nSPS) is 10.6. The minimum Gasteiger partial charge on any atom is -0.492 e. The predicted octanol–water partition coefficient (Wildman–Crippen LogP) is 4.34. The highest BCUT2D eigenvalue weighted by Crippen LogP contribution is 2.34. The zero-order valence-corrected chi connectivity index (χ0v) is 14.0. The number of rotatable bonds is 5. The number of ether oxygens (including phenoxy) is 1. The number of para-hydroxylation sites is 1. The predicted molar refractivity (Wildman–Crippen MR) is 98.9 cm³/mol. The molecule has 2 aromatic carbocycles. The Morgan fingerprint density at radius 2 is 1.96 bits per heavy atom. The first-order chi connectivity index (χ1) is 11.6. The Morgan fingerprint density at radius 1 is 1.12 bits per heavy atom. The van der Waals surface area contributed by atoms with Crippen molar-refractivity contribution in [1.82, 2.24) is 0 Å². The Balaban J connectivity index is 1.87. The second-order valence-electron chi connectivity index (χ2n) is 5.33. The van der Waals surface area contributed by atoms with Crippen LogP contribution in [0.3, 0.4) is 0 Å². The second-order valence-corrected chi connectivity index (χ2v) is 6.08. The molecule has 0 amide bonds. The molecule has 0 spiro atoms. The van der Waals surface area contributed by atoms with Gasteiger partial charge in [0.15, 0.2) is 11.6 Å². The minimum absolute atomic E-state index is 0.206. The van der Waals surface area contributed by atoms with E-state index in [4.69, 9.17) is 16.2 Å². The van der Waals surface area contributed by atoms with Crippen LogP contribution in [-0.4, -0.2) is 7.11 Å². The third kappa shape index (κ3) is 3.14. The first-order valence-corrected chi connectivity index (χ1v) is 8.31. The first kappa shape index (κ1) is 16.1. The van der Waals surface area contributed by atoms with Crippen LogP contribution in [0.4, 0.5) is 21.5 Å². The number of hydrogen-bond donors (Lipinski definition) is 3. The number of anilines is 3. The van der Waals surface area contributed by atoms with Gasteiger partial charge in [-0.25, -0.2) is 4.39 Å². The SMILES string of the molecule is COc1c(F)cccc1NCc1cscc1-c1cc(N)ccc1N. The lowest BCUT2D eigenvalue weighted by Crippen LogP contribution is -2.03. The monoisotopic (exact) mass is 343 g/mol. The van der Waals surface area contributed by atoms with Crippen molar-refractivity contribution < 1.29 is 9.13 Å². The molecular weight excluding hydrogens is 325 g/mol. The van der Waals surface area contributed by atoms with Gasteiger partial charge in [0.1, 0.15) is 0 Å². The first-order valence-electron chi connectivity index (χ1n) is 7.37. The molecule has 0 unspecified atom stereocenters. The van der Waals surface area contributed by atoms with E-state index in [1.54, 1.807) is 35.6 Å². The van der Waals surface area contributed by atoms with Crippen molar-refractivity contribution in [2.24, 2.45) is 0 Å². The molecular formula is C18H18FN3OS. The molecule has 3 rings (SSSR count). The Hall–Kier alpha value is -2.73. The van der Waals surface area contributed by atoms with Crippen LogP contribution in [0.5, 0.6) is 5.75 Å². The van der Waals surface area contributed by atoms with Gasteiger partial charge in [-0.05, 0) is 52.2 Å². The molecule has 0 saturated carbocycles. The molecule has 4 nitrogen and oxygen atoms in total. The molecule has 0 saturated heterocycles. The molecule has 5 N–H and O–H groups in total. The van der Waals surface area contributed by atoms with Crippen LogP contribution in [0.25, 0.3) is 11.1 Å². The molecule has 6 heteroatoms. The molecule has 0 fully saturated rings. The van der Waals surface area contributed by atoms with Gasteiger partial charge in [0.25, 0.3) is 0 Å². The van der Waals surface area contributed by atoms with E-state index in [0.717, 1.165) is 16.7 Å². The van der Waals surface area contributed by atoms with Gasteiger partial charge in [-0.1, -0.05) is 6.07 Å². The van der Waals surface area contributed by atoms with Crippen molar-refractivity contribution in [3.05, 3.63) is 58.5 Å². The van der Waals surface area contributed by atoms with Gasteiger partial charge < -0.3 is 21.5 Å². The number of benzene rings is 2. The molecule has 3 aromatic rings. The van der Waals surface area contributed by atoms with Crippen molar-refractivity contribution in [2.45, 2.75) is 6.54 Å². The summed E-state index contributed by atoms with van der Waals surface area (Å²) in [5.74, 6) is -0.189. The highest BCUT2D eigenvalue weighted by atomic mass is 32.1. The van der Waals surface area contributed by atoms with E-state index in [-0.39, 0.29) is 5.75 Å². The van der Waals surface area contributed by atoms with E-state index in [1.165, 1.54) is 13.2 Å². The van der Waals surface area contributed by atoms with Gasteiger partial charge in [-0.15, -0.1) is 0 Å². The fourth-order valence-corrected chi connectivity index (χ4v) is 3.41. The van der Waals surface area contributed by atoms with Gasteiger partial charge in [-0.3, -0.25) is 0 Å². The van der Waals surface area contributed by atoms with Crippen LogP contribution in [0.15, 0.2) is 47.2 Å². The highest BCUT2D eigenvalue weighted by molar-refractivity contribution is 7.08. The lowest BCUT2D eigenvalue weighted by atomic mass is 10.0. The van der Waals surface area contributed by atoms with Crippen LogP contribution in [0.1, 0.15) is 5.56 Å². The summed E-state index contributed by atoms with van der Waals surface area (Å²) in [4.78, 5) is 0. The van der Waals surface area contributed by atoms with Gasteiger partial charge in [0.2, 0.25) is 0 Å². The van der Waals surface area contributed by atoms with E-state index in [9.17, 15) is 4.39 Å². The van der Waals surface area contributed by atoms with Crippen LogP contribution in [0, 0.1) is 5.82 Å². The lowest BCUT2D eigenvalue weighted by Gasteiger charge is -2.13. The summed E-state index contributed by atoms with van der Waals surface area (Å²) in [5.41, 5.74) is 16.9. The molecule has 124 valence electrons. The average molecular weight is 343 g/mol. The fourth-order valence-electron chi connectivity index (χ4n) is 2.55. The van der Waals surface area contributed by atoms with E-state index < -0.39 is 5.82 Å². The fraction of sp³-hybridized carbons (Fsp3) is 0.111. The minimum atomic E-state index is -0.395. The Bertz CT molecular complexity index is 863. The van der Waals surface area contributed by atoms with Crippen molar-refractivity contribution in [3.8, 4) is 16.9 Å². The Morgan fingerprint density at radius 3 is 2.75 bits per heavy atom. The third-order valence-corrected chi connectivity index (χ3v) is 4.54. The van der Waals surface area contributed by atoms with Crippen LogP contribution in [0.2, 0.25) is 0 Å². The molecule has 0 radical (unpaired) electrons. The maximum Gasteiger partial charge on any atom is 0.177 e. The van der Waals surface area contributed by atoms with E-state index in [0.29, 0.717) is 23.6 Å². The topological polar surface area (TPSA) is 73.3 Å². The van der Waals surface area contributed by atoms with Crippen molar-refractivity contribution in [1.29, 1.82) is 0 Å². The third-order valence-electron chi connectivity index (χ3n) is 3.75. The average Bonchev–Trinajstić information content (AvgIpc) is 3.03. The van der Waals surface area contributed by atoms with E-state index >= 15 is 0 Å². The number of thiophene rings is 1. The highest BCUT2D eigenvalue weighted by Gasteiger charge is 2.12. The Labute approximate surface area is 143 Å². The zero-order valence-electron chi connectivity index (χ0n) is 13.2. The number of halogens is 1. The molecule has 0 atom stereocenters. The second kappa shape index (κ2) is 6.80. The molecule has 0 aliphatic carbocycles. The molecule has 0 bridgehead atoms. The van der Waals surface area contributed by atoms with Crippen LogP contribution < -0.4 is 21.5 Å². The lowest BCUT2D eigenvalue weighted by molar-refractivity contribution is 0.388. The number of hydrogen-bond acceptors (Lipinski definition) is 5. The summed E-state index contributed by atoms with van der Waals surface area (Å²) >= 11 is 1.58. The number of methoxy groups -OCH3 is 1. The molecule has 0 aliphatic rings. The van der Waals surface area contributed by atoms with Gasteiger partial charge >= 0.3 is 0 Å². The molecule has 0 aliphatic heterocycles. The summed E-state index contributed by atoms with van der Waals surface area (Å²) in [5, 5.41) is 7.29. The van der Waals surface area contributed by atoms with Gasteiger partial charge in [-0.2, -0.15) is 11.3 Å². The summed E-state index contributed by atoms with van der Waals surface area (Å²) < 4.78 is 18.9. The Kier molecular flexibility index (Phi) is 4.57. The molecule has 24 heavy (non-hydrogen) atoms. The summed E-state index contributed by atoms with van der Waals surface area (Å²) in [6.07, 6.45) is 0. The molecule has 1 aromatic heterocycles. The van der Waals surface area contributed by atoms with Crippen molar-refractivity contribution in [2.75, 3.05) is 23.9 Å². The van der Waals surface area contributed by atoms with Crippen LogP contribution in [-0.2, 0) is 6.54 Å². The number of nitrogens with one attached hydrogen (secondary N) is 1. The number of nitrogen functional groups attached to an aromatic ring is 2. The van der Waals surface area contributed by atoms with Crippen molar-refractivity contribution in [3.63, 3.8) is 0 Å².